The van der Waals surface area contributed by atoms with Crippen molar-refractivity contribution in [3.8, 4) is 0 Å². The minimum absolute atomic E-state index is 0.107. The second-order valence-electron chi connectivity index (χ2n) is 1.22. The highest BCUT2D eigenvalue weighted by Gasteiger charge is 1.85. The average Bonchev–Trinajstić information content (AvgIpc) is 1.83. The van der Waals surface area contributed by atoms with E-state index in [2.05, 4.69) is 0 Å². The second-order valence-corrected chi connectivity index (χ2v) is 1.22. The standard InChI is InChI=1S/C5H7FO2/c6-5(4-8)2-1-3-7/h2,4,7H,1,3H2. The van der Waals surface area contributed by atoms with E-state index in [-0.39, 0.29) is 19.3 Å². The Morgan fingerprint density at radius 1 is 1.75 bits per heavy atom. The van der Waals surface area contributed by atoms with Gasteiger partial charge >= 0.3 is 0 Å². The largest absolute Gasteiger partial charge is 0.396 e. The number of hydrogen-bond donors (Lipinski definition) is 1. The second kappa shape index (κ2) is 4.46. The molecule has 0 unspecified atom stereocenters. The van der Waals surface area contributed by atoms with Gasteiger partial charge in [0, 0.05) is 6.61 Å². The molecule has 0 atom stereocenters. The maximum Gasteiger partial charge on any atom is 0.178 e. The molecule has 0 bridgehead atoms. The van der Waals surface area contributed by atoms with Crippen LogP contribution in [0.2, 0.25) is 0 Å². The first-order valence-electron chi connectivity index (χ1n) is 2.23. The summed E-state index contributed by atoms with van der Waals surface area (Å²) >= 11 is 0. The Bertz CT molecular complexity index is 98.6. The Hall–Kier alpha value is -0.700. The number of allylic oxidation sites excluding steroid dienone is 1. The Balaban J connectivity index is 3.40. The van der Waals surface area contributed by atoms with Crippen molar-refractivity contribution < 1.29 is 14.3 Å². The van der Waals surface area contributed by atoms with Crippen LogP contribution in [0.1, 0.15) is 6.42 Å². The summed E-state index contributed by atoms with van der Waals surface area (Å²) in [5, 5.41) is 8.08. The zero-order valence-corrected chi connectivity index (χ0v) is 4.30. The number of aliphatic hydroxyl groups is 1. The third-order valence-corrected chi connectivity index (χ3v) is 0.581. The third-order valence-electron chi connectivity index (χ3n) is 0.581. The number of rotatable bonds is 3. The van der Waals surface area contributed by atoms with Crippen molar-refractivity contribution in [3.63, 3.8) is 0 Å². The van der Waals surface area contributed by atoms with E-state index in [0.29, 0.717) is 0 Å². The lowest BCUT2D eigenvalue weighted by Crippen LogP contribution is -1.79. The fourth-order valence-corrected chi connectivity index (χ4v) is 0.251. The molecular weight excluding hydrogens is 111 g/mol. The molecule has 0 saturated heterocycles. The van der Waals surface area contributed by atoms with Gasteiger partial charge in [0.25, 0.3) is 0 Å². The molecule has 2 nitrogen and oxygen atoms in total. The summed E-state index contributed by atoms with van der Waals surface area (Å²) in [5.74, 6) is -0.820. The summed E-state index contributed by atoms with van der Waals surface area (Å²) in [4.78, 5) is 9.49. The van der Waals surface area contributed by atoms with Crippen molar-refractivity contribution in [2.75, 3.05) is 6.61 Å². The van der Waals surface area contributed by atoms with E-state index < -0.39 is 5.83 Å². The van der Waals surface area contributed by atoms with E-state index in [1.54, 1.807) is 0 Å². The van der Waals surface area contributed by atoms with Gasteiger partial charge in [-0.05, 0) is 12.5 Å². The summed E-state index contributed by atoms with van der Waals surface area (Å²) in [6.07, 6.45) is 1.34. The third kappa shape index (κ3) is 3.49. The summed E-state index contributed by atoms with van der Waals surface area (Å²) in [5.41, 5.74) is 0. The first-order valence-corrected chi connectivity index (χ1v) is 2.23. The number of hydrogen-bond acceptors (Lipinski definition) is 2. The van der Waals surface area contributed by atoms with Crippen molar-refractivity contribution in [3.05, 3.63) is 11.9 Å². The molecule has 0 heterocycles. The van der Waals surface area contributed by atoms with Crippen molar-refractivity contribution >= 4 is 6.29 Å². The molecule has 0 aliphatic rings. The Morgan fingerprint density at radius 3 is 2.75 bits per heavy atom. The van der Waals surface area contributed by atoms with Gasteiger partial charge in [-0.1, -0.05) is 0 Å². The van der Waals surface area contributed by atoms with Crippen molar-refractivity contribution in [2.24, 2.45) is 0 Å². The molecule has 46 valence electrons. The molecule has 0 saturated carbocycles. The lowest BCUT2D eigenvalue weighted by atomic mass is 10.4. The molecular formula is C5H7FO2. The predicted octanol–water partition coefficient (Wildman–Crippen LogP) is 0.421. The number of halogens is 1. The Labute approximate surface area is 46.6 Å². The number of carbonyl (C=O) groups excluding carboxylic acids is 1. The molecule has 0 aromatic carbocycles. The lowest BCUT2D eigenvalue weighted by molar-refractivity contribution is -0.106. The molecule has 0 radical (unpaired) electrons. The number of carbonyl (C=O) groups is 1. The highest BCUT2D eigenvalue weighted by molar-refractivity contribution is 5.69. The van der Waals surface area contributed by atoms with Crippen molar-refractivity contribution in [2.45, 2.75) is 6.42 Å². The molecule has 0 aromatic rings. The van der Waals surface area contributed by atoms with Crippen LogP contribution in [0, 0.1) is 0 Å². The maximum absolute atomic E-state index is 11.7. The van der Waals surface area contributed by atoms with Crippen LogP contribution in [0.5, 0.6) is 0 Å². The van der Waals surface area contributed by atoms with Gasteiger partial charge in [0.2, 0.25) is 0 Å². The lowest BCUT2D eigenvalue weighted by Gasteiger charge is -1.81. The minimum Gasteiger partial charge on any atom is -0.396 e. The van der Waals surface area contributed by atoms with Crippen LogP contribution in [-0.2, 0) is 4.79 Å². The van der Waals surface area contributed by atoms with E-state index in [9.17, 15) is 9.18 Å². The van der Waals surface area contributed by atoms with Crippen LogP contribution in [0.3, 0.4) is 0 Å². The summed E-state index contributed by atoms with van der Waals surface area (Å²) in [6.45, 7) is -0.124. The number of aldehydes is 1. The van der Waals surface area contributed by atoms with Gasteiger partial charge in [0.05, 0.1) is 0 Å². The molecule has 8 heavy (non-hydrogen) atoms. The highest BCUT2D eigenvalue weighted by atomic mass is 19.1. The number of aliphatic hydroxyl groups excluding tert-OH is 1. The van der Waals surface area contributed by atoms with E-state index in [4.69, 9.17) is 5.11 Å². The van der Waals surface area contributed by atoms with Crippen molar-refractivity contribution in [1.82, 2.24) is 0 Å². The van der Waals surface area contributed by atoms with Gasteiger partial charge in [-0.15, -0.1) is 0 Å². The minimum atomic E-state index is -0.820. The zero-order chi connectivity index (χ0) is 6.41. The summed E-state index contributed by atoms with van der Waals surface area (Å²) in [6, 6.07) is 0. The fraction of sp³-hybridized carbons (Fsp3) is 0.400. The van der Waals surface area contributed by atoms with Gasteiger partial charge in [-0.25, -0.2) is 4.39 Å². The van der Waals surface area contributed by atoms with Crippen molar-refractivity contribution in [1.29, 1.82) is 0 Å². The van der Waals surface area contributed by atoms with Crippen LogP contribution in [0.4, 0.5) is 4.39 Å². The van der Waals surface area contributed by atoms with Crippen LogP contribution in [0.25, 0.3) is 0 Å². The normalized spacial score (nSPS) is 11.5. The zero-order valence-electron chi connectivity index (χ0n) is 4.30. The van der Waals surface area contributed by atoms with Gasteiger partial charge < -0.3 is 5.11 Å². The molecule has 3 heteroatoms. The highest BCUT2D eigenvalue weighted by Crippen LogP contribution is 1.91. The van der Waals surface area contributed by atoms with E-state index >= 15 is 0 Å². The predicted molar refractivity (Wildman–Crippen MR) is 27.0 cm³/mol. The molecule has 0 aliphatic heterocycles. The van der Waals surface area contributed by atoms with Crippen LogP contribution < -0.4 is 0 Å². The smallest absolute Gasteiger partial charge is 0.178 e. The molecule has 1 N–H and O–H groups in total. The first kappa shape index (κ1) is 7.30. The average molecular weight is 118 g/mol. The topological polar surface area (TPSA) is 37.3 Å². The molecule has 0 aliphatic carbocycles. The molecule has 0 rings (SSSR count). The summed E-state index contributed by atoms with van der Waals surface area (Å²) < 4.78 is 11.7. The van der Waals surface area contributed by atoms with Gasteiger partial charge in [-0.3, -0.25) is 4.79 Å². The van der Waals surface area contributed by atoms with Gasteiger partial charge in [0.15, 0.2) is 12.1 Å². The summed E-state index contributed by atoms with van der Waals surface area (Å²) in [7, 11) is 0. The van der Waals surface area contributed by atoms with Crippen LogP contribution >= 0.6 is 0 Å². The van der Waals surface area contributed by atoms with E-state index in [1.807, 2.05) is 0 Å². The van der Waals surface area contributed by atoms with E-state index in [1.165, 1.54) is 0 Å². The molecule has 0 amide bonds. The fourth-order valence-electron chi connectivity index (χ4n) is 0.251. The van der Waals surface area contributed by atoms with Crippen LogP contribution in [0.15, 0.2) is 11.9 Å². The SMILES string of the molecule is O=CC(F)=CCCO. The molecule has 0 fully saturated rings. The quantitative estimate of drug-likeness (QED) is 0.430. The molecule has 0 aromatic heterocycles. The van der Waals surface area contributed by atoms with Gasteiger partial charge in [-0.2, -0.15) is 0 Å². The maximum atomic E-state index is 11.7. The molecule has 0 spiro atoms. The van der Waals surface area contributed by atoms with Gasteiger partial charge in [0.1, 0.15) is 0 Å². The Kier molecular flexibility index (Phi) is 4.07. The Morgan fingerprint density at radius 2 is 2.38 bits per heavy atom. The van der Waals surface area contributed by atoms with Crippen LogP contribution in [-0.4, -0.2) is 18.0 Å². The first-order chi connectivity index (χ1) is 3.81. The monoisotopic (exact) mass is 118 g/mol. The van der Waals surface area contributed by atoms with E-state index in [0.717, 1.165) is 6.08 Å².